The van der Waals surface area contributed by atoms with Crippen LogP contribution in [-0.2, 0) is 12.7 Å². The Morgan fingerprint density at radius 3 is 2.68 bits per heavy atom. The Morgan fingerprint density at radius 1 is 1.14 bits per heavy atom. The van der Waals surface area contributed by atoms with E-state index < -0.39 is 29.8 Å². The molecule has 4 heterocycles. The average molecular weight is 545 g/mol. The van der Waals surface area contributed by atoms with Crippen molar-refractivity contribution in [2.24, 2.45) is 0 Å². The summed E-state index contributed by atoms with van der Waals surface area (Å²) in [6.45, 7) is 1.95. The smallest absolute Gasteiger partial charge is 0.360 e. The van der Waals surface area contributed by atoms with E-state index in [1.54, 1.807) is 13.0 Å². The van der Waals surface area contributed by atoms with Gasteiger partial charge in [0, 0.05) is 39.6 Å². The lowest BCUT2D eigenvalue weighted by Gasteiger charge is -2.26. The van der Waals surface area contributed by atoms with Crippen LogP contribution in [0.1, 0.15) is 38.2 Å². The third-order valence-corrected chi connectivity index (χ3v) is 7.84. The minimum absolute atomic E-state index is 0.147. The SMILES string of the molecule is Cc1cc(C(F)(F)F)nc2sc3c(c12)N[C@H](c1cn(Cc2ccc(F)cc2Cl)c2ccccc12)NC3=O. The van der Waals surface area contributed by atoms with Crippen LogP contribution in [0.15, 0.2) is 54.7 Å². The Labute approximate surface area is 216 Å². The van der Waals surface area contributed by atoms with Gasteiger partial charge in [0.25, 0.3) is 5.91 Å². The zero-order valence-corrected chi connectivity index (χ0v) is 20.7. The van der Waals surface area contributed by atoms with Gasteiger partial charge in [0.1, 0.15) is 27.4 Å². The highest BCUT2D eigenvalue weighted by Crippen LogP contribution is 2.43. The number of fused-ring (bicyclic) bond motifs is 4. The highest BCUT2D eigenvalue weighted by Gasteiger charge is 2.36. The number of thiophene rings is 1. The van der Waals surface area contributed by atoms with Crippen molar-refractivity contribution in [3.05, 3.63) is 92.8 Å². The molecule has 2 N–H and O–H groups in total. The van der Waals surface area contributed by atoms with Crippen molar-refractivity contribution >= 4 is 55.7 Å². The Bertz CT molecular complexity index is 1730. The topological polar surface area (TPSA) is 59.0 Å². The maximum Gasteiger partial charge on any atom is 0.433 e. The summed E-state index contributed by atoms with van der Waals surface area (Å²) in [5.41, 5.74) is 2.22. The fourth-order valence-electron chi connectivity index (χ4n) is 4.73. The summed E-state index contributed by atoms with van der Waals surface area (Å²) < 4.78 is 55.4. The van der Waals surface area contributed by atoms with Gasteiger partial charge in [0.2, 0.25) is 0 Å². The van der Waals surface area contributed by atoms with Crippen LogP contribution >= 0.6 is 22.9 Å². The number of pyridine rings is 1. The number of hydrogen-bond donors (Lipinski definition) is 2. The van der Waals surface area contributed by atoms with Crippen LogP contribution in [0.4, 0.5) is 23.2 Å². The quantitative estimate of drug-likeness (QED) is 0.235. The van der Waals surface area contributed by atoms with Gasteiger partial charge in [-0.1, -0.05) is 35.9 Å². The number of nitrogens with zero attached hydrogens (tertiary/aromatic N) is 2. The summed E-state index contributed by atoms with van der Waals surface area (Å²) in [5, 5.41) is 7.92. The molecule has 1 amide bonds. The molecule has 0 bridgehead atoms. The number of benzene rings is 2. The fourth-order valence-corrected chi connectivity index (χ4v) is 6.07. The first-order valence-corrected chi connectivity index (χ1v) is 12.4. The molecule has 0 saturated carbocycles. The number of carbonyl (C=O) groups is 1. The molecule has 0 aliphatic carbocycles. The van der Waals surface area contributed by atoms with Crippen molar-refractivity contribution in [1.29, 1.82) is 0 Å². The molecule has 1 aliphatic heterocycles. The van der Waals surface area contributed by atoms with E-state index in [0.717, 1.165) is 39.4 Å². The summed E-state index contributed by atoms with van der Waals surface area (Å²) in [4.78, 5) is 17.3. The Balaban J connectivity index is 1.43. The molecule has 3 aromatic heterocycles. The zero-order valence-electron chi connectivity index (χ0n) is 19.1. The van der Waals surface area contributed by atoms with Crippen LogP contribution < -0.4 is 10.6 Å². The molecular formula is C26H17ClF4N4OS. The summed E-state index contributed by atoms with van der Waals surface area (Å²) in [6.07, 6.45) is -3.35. The molecule has 1 aliphatic rings. The van der Waals surface area contributed by atoms with Crippen LogP contribution in [0, 0.1) is 12.7 Å². The molecule has 1 atom stereocenters. The van der Waals surface area contributed by atoms with Gasteiger partial charge < -0.3 is 15.2 Å². The van der Waals surface area contributed by atoms with E-state index in [4.69, 9.17) is 11.6 Å². The second-order valence-electron chi connectivity index (χ2n) is 8.82. The first kappa shape index (κ1) is 23.7. The summed E-state index contributed by atoms with van der Waals surface area (Å²) >= 11 is 7.19. The maximum atomic E-state index is 13.5. The molecule has 0 radical (unpaired) electrons. The molecule has 11 heteroatoms. The molecule has 5 aromatic rings. The minimum Gasteiger partial charge on any atom is -0.360 e. The van der Waals surface area contributed by atoms with Crippen molar-refractivity contribution in [2.45, 2.75) is 25.8 Å². The van der Waals surface area contributed by atoms with Crippen molar-refractivity contribution in [1.82, 2.24) is 14.9 Å². The van der Waals surface area contributed by atoms with Gasteiger partial charge in [-0.2, -0.15) is 13.2 Å². The molecule has 0 spiro atoms. The largest absolute Gasteiger partial charge is 0.433 e. The van der Waals surface area contributed by atoms with Gasteiger partial charge in [-0.25, -0.2) is 9.37 Å². The number of hydrogen-bond acceptors (Lipinski definition) is 4. The molecule has 0 saturated heterocycles. The first-order chi connectivity index (χ1) is 17.6. The van der Waals surface area contributed by atoms with Crippen LogP contribution in [0.25, 0.3) is 21.1 Å². The number of nitrogens with one attached hydrogen (secondary N) is 2. The Kier molecular flexibility index (Phi) is 5.43. The second kappa shape index (κ2) is 8.46. The van der Waals surface area contributed by atoms with Crippen molar-refractivity contribution in [3.8, 4) is 0 Å². The molecule has 0 fully saturated rings. The first-order valence-electron chi connectivity index (χ1n) is 11.2. The number of carbonyl (C=O) groups excluding carboxylic acids is 1. The van der Waals surface area contributed by atoms with Crippen LogP contribution in [0.2, 0.25) is 5.02 Å². The number of para-hydroxylation sites is 1. The normalized spacial score (nSPS) is 15.6. The van der Waals surface area contributed by atoms with E-state index in [1.807, 2.05) is 35.0 Å². The van der Waals surface area contributed by atoms with Crippen LogP contribution in [-0.4, -0.2) is 15.5 Å². The number of rotatable bonds is 3. The highest BCUT2D eigenvalue weighted by molar-refractivity contribution is 7.21. The van der Waals surface area contributed by atoms with Gasteiger partial charge in [-0.05, 0) is 42.3 Å². The van der Waals surface area contributed by atoms with Gasteiger partial charge >= 0.3 is 6.18 Å². The molecule has 0 unspecified atom stereocenters. The van der Waals surface area contributed by atoms with E-state index in [2.05, 4.69) is 15.6 Å². The lowest BCUT2D eigenvalue weighted by atomic mass is 10.1. The third kappa shape index (κ3) is 4.00. The van der Waals surface area contributed by atoms with E-state index in [1.165, 1.54) is 12.1 Å². The van der Waals surface area contributed by atoms with Crippen LogP contribution in [0.3, 0.4) is 0 Å². The lowest BCUT2D eigenvalue weighted by molar-refractivity contribution is -0.141. The summed E-state index contributed by atoms with van der Waals surface area (Å²) in [5.74, 6) is -0.819. The zero-order chi connectivity index (χ0) is 26.1. The molecule has 5 nitrogen and oxygen atoms in total. The minimum atomic E-state index is -4.59. The standard InChI is InChI=1S/C26H17ClF4N4OS/c1-12-8-19(26(29,30)31)32-25-20(12)21-22(37-25)24(36)34-23(33-21)16-11-35(18-5-3-2-4-15(16)18)10-13-6-7-14(28)9-17(13)27/h2-9,11,23,33H,10H2,1H3,(H,34,36)/t23-/m0/s1. The lowest BCUT2D eigenvalue weighted by Crippen LogP contribution is -2.37. The highest BCUT2D eigenvalue weighted by atomic mass is 35.5. The maximum absolute atomic E-state index is 13.5. The monoisotopic (exact) mass is 544 g/mol. The predicted octanol–water partition coefficient (Wildman–Crippen LogP) is 7.27. The average Bonchev–Trinajstić information content (AvgIpc) is 3.40. The number of anilines is 1. The fraction of sp³-hybridized carbons (Fsp3) is 0.154. The molecule has 37 heavy (non-hydrogen) atoms. The third-order valence-electron chi connectivity index (χ3n) is 6.41. The summed E-state index contributed by atoms with van der Waals surface area (Å²) in [7, 11) is 0. The van der Waals surface area contributed by atoms with E-state index in [0.29, 0.717) is 28.2 Å². The van der Waals surface area contributed by atoms with E-state index >= 15 is 0 Å². The predicted molar refractivity (Wildman–Crippen MR) is 136 cm³/mol. The van der Waals surface area contributed by atoms with Gasteiger partial charge in [0.05, 0.1) is 5.69 Å². The van der Waals surface area contributed by atoms with Gasteiger partial charge in [-0.3, -0.25) is 4.79 Å². The number of aryl methyl sites for hydroxylation is 1. The van der Waals surface area contributed by atoms with Crippen molar-refractivity contribution < 1.29 is 22.4 Å². The number of amides is 1. The molecule has 2 aromatic carbocycles. The van der Waals surface area contributed by atoms with Gasteiger partial charge in [-0.15, -0.1) is 11.3 Å². The molecule has 188 valence electrons. The van der Waals surface area contributed by atoms with Gasteiger partial charge in [0.15, 0.2) is 0 Å². The Morgan fingerprint density at radius 2 is 1.92 bits per heavy atom. The van der Waals surface area contributed by atoms with Crippen molar-refractivity contribution in [3.63, 3.8) is 0 Å². The van der Waals surface area contributed by atoms with E-state index in [-0.39, 0.29) is 9.71 Å². The second-order valence-corrected chi connectivity index (χ2v) is 10.2. The molecular weight excluding hydrogens is 528 g/mol. The van der Waals surface area contributed by atoms with Crippen LogP contribution in [0.5, 0.6) is 0 Å². The van der Waals surface area contributed by atoms with Crippen molar-refractivity contribution in [2.75, 3.05) is 5.32 Å². The molecule has 6 rings (SSSR count). The number of aromatic nitrogens is 2. The summed E-state index contributed by atoms with van der Waals surface area (Å²) in [6, 6.07) is 12.8. The van der Waals surface area contributed by atoms with E-state index in [9.17, 15) is 22.4 Å². The number of halogens is 5. The Hall–Kier alpha value is -3.63. The number of alkyl halides is 3.